The lowest BCUT2D eigenvalue weighted by Gasteiger charge is -2.43. The van der Waals surface area contributed by atoms with Gasteiger partial charge in [-0.05, 0) is 17.2 Å². The van der Waals surface area contributed by atoms with Crippen LogP contribution in [0.25, 0.3) is 6.08 Å². The third-order valence-electron chi connectivity index (χ3n) is 4.33. The lowest BCUT2D eigenvalue weighted by Crippen LogP contribution is -2.75. The first-order valence-electron chi connectivity index (χ1n) is 8.33. The van der Waals surface area contributed by atoms with Gasteiger partial charge in [-0.15, -0.1) is 0 Å². The molecule has 0 aromatic heterocycles. The molecular weight excluding hydrogens is 543 g/mol. The van der Waals surface area contributed by atoms with Crippen LogP contribution in [0, 0.1) is 0 Å². The Morgan fingerprint density at radius 3 is 1.43 bits per heavy atom. The van der Waals surface area contributed by atoms with Gasteiger partial charge in [0, 0.05) is 0 Å². The lowest BCUT2D eigenvalue weighted by molar-refractivity contribution is -0.484. The van der Waals surface area contributed by atoms with E-state index in [2.05, 4.69) is 11.3 Å². The van der Waals surface area contributed by atoms with E-state index in [4.69, 9.17) is 0 Å². The van der Waals surface area contributed by atoms with Crippen molar-refractivity contribution >= 4 is 6.08 Å². The zero-order chi connectivity index (χ0) is 28.1. The predicted molar refractivity (Wildman–Crippen MR) is 82.0 cm³/mol. The van der Waals surface area contributed by atoms with Gasteiger partial charge in [-0.25, -0.2) is 0 Å². The zero-order valence-corrected chi connectivity index (χ0v) is 16.1. The summed E-state index contributed by atoms with van der Waals surface area (Å²) in [5.41, 5.74) is -0.742. The maximum absolute atomic E-state index is 14.3. The fourth-order valence-corrected chi connectivity index (χ4v) is 2.31. The van der Waals surface area contributed by atoms with E-state index in [1.54, 1.807) is 0 Å². The summed E-state index contributed by atoms with van der Waals surface area (Å²) in [6.45, 7) is 1.09. The van der Waals surface area contributed by atoms with Crippen LogP contribution in [0.15, 0.2) is 30.8 Å². The summed E-state index contributed by atoms with van der Waals surface area (Å²) in [4.78, 5) is 0. The maximum Gasteiger partial charge on any atom is 0.460 e. The molecule has 1 aromatic carbocycles. The molecule has 0 N–H and O–H groups in total. The van der Waals surface area contributed by atoms with Gasteiger partial charge < -0.3 is 4.74 Å². The molecule has 0 fully saturated rings. The standard InChI is InChI=1S/C17H9F17O/c1-2-8-4-3-5-9(6-8)7-35-15(28,17(32,33)34)13(24,25)11(20,21)10(18,19)12(22,23)14(26,27)16(29,30)31/h2-6H,1,7H2. The summed E-state index contributed by atoms with van der Waals surface area (Å²) in [5.74, 6) is -49.4. The van der Waals surface area contributed by atoms with Gasteiger partial charge in [-0.3, -0.25) is 0 Å². The molecular formula is C17H9F17O. The third kappa shape index (κ3) is 4.52. The maximum atomic E-state index is 14.3. The minimum Gasteiger partial charge on any atom is -0.329 e. The van der Waals surface area contributed by atoms with Crippen LogP contribution in [0.3, 0.4) is 0 Å². The molecule has 1 rings (SSSR count). The highest BCUT2D eigenvalue weighted by atomic mass is 19.4. The van der Waals surface area contributed by atoms with Crippen LogP contribution in [0.2, 0.25) is 0 Å². The molecule has 0 spiro atoms. The van der Waals surface area contributed by atoms with Crippen molar-refractivity contribution in [3.05, 3.63) is 42.0 Å². The molecule has 0 aliphatic carbocycles. The summed E-state index contributed by atoms with van der Waals surface area (Å²) in [6.07, 6.45) is -14.3. The molecule has 0 heterocycles. The van der Waals surface area contributed by atoms with Crippen molar-refractivity contribution in [2.45, 2.75) is 54.4 Å². The highest BCUT2D eigenvalue weighted by Gasteiger charge is 2.95. The molecule has 35 heavy (non-hydrogen) atoms. The van der Waals surface area contributed by atoms with Gasteiger partial charge in [-0.1, -0.05) is 30.9 Å². The smallest absolute Gasteiger partial charge is 0.329 e. The average molecular weight is 552 g/mol. The van der Waals surface area contributed by atoms with Crippen molar-refractivity contribution < 1.29 is 79.4 Å². The zero-order valence-electron chi connectivity index (χ0n) is 16.1. The van der Waals surface area contributed by atoms with Crippen LogP contribution >= 0.6 is 0 Å². The fourth-order valence-electron chi connectivity index (χ4n) is 2.31. The second-order valence-electron chi connectivity index (χ2n) is 6.70. The molecule has 1 nitrogen and oxygen atoms in total. The molecule has 0 amide bonds. The van der Waals surface area contributed by atoms with Crippen molar-refractivity contribution in [3.8, 4) is 0 Å². The largest absolute Gasteiger partial charge is 0.460 e. The number of hydrogen-bond acceptors (Lipinski definition) is 1. The Kier molecular flexibility index (Phi) is 7.63. The van der Waals surface area contributed by atoms with E-state index in [1.807, 2.05) is 0 Å². The van der Waals surface area contributed by atoms with Gasteiger partial charge in [-0.2, -0.15) is 74.6 Å². The van der Waals surface area contributed by atoms with Gasteiger partial charge in [0.2, 0.25) is 0 Å². The van der Waals surface area contributed by atoms with Crippen LogP contribution in [0.4, 0.5) is 74.6 Å². The topological polar surface area (TPSA) is 9.23 Å². The Hall–Kier alpha value is -2.27. The van der Waals surface area contributed by atoms with Crippen molar-refractivity contribution in [1.82, 2.24) is 0 Å². The fraction of sp³-hybridized carbons (Fsp3) is 0.529. The molecule has 18 heteroatoms. The molecule has 0 aliphatic rings. The van der Waals surface area contributed by atoms with Gasteiger partial charge in [0.1, 0.15) is 0 Å². The van der Waals surface area contributed by atoms with E-state index in [1.165, 1.54) is 0 Å². The van der Waals surface area contributed by atoms with Crippen LogP contribution in [-0.4, -0.2) is 47.8 Å². The first-order valence-corrected chi connectivity index (χ1v) is 8.33. The molecule has 0 saturated heterocycles. The predicted octanol–water partition coefficient (Wildman–Crippen LogP) is 7.81. The Labute approximate surface area is 183 Å². The van der Waals surface area contributed by atoms with Crippen LogP contribution in [0.1, 0.15) is 11.1 Å². The number of rotatable bonds is 9. The molecule has 0 bridgehead atoms. The summed E-state index contributed by atoms with van der Waals surface area (Å²) >= 11 is 0. The second-order valence-corrected chi connectivity index (χ2v) is 6.70. The van der Waals surface area contributed by atoms with Crippen molar-refractivity contribution in [2.24, 2.45) is 0 Å². The summed E-state index contributed by atoms with van der Waals surface area (Å²) < 4.78 is 227. The Bertz CT molecular complexity index is 914. The number of ether oxygens (including phenoxy) is 1. The van der Waals surface area contributed by atoms with E-state index in [0.29, 0.717) is 6.07 Å². The van der Waals surface area contributed by atoms with Gasteiger partial charge in [0.05, 0.1) is 6.61 Å². The van der Waals surface area contributed by atoms with Gasteiger partial charge in [0.25, 0.3) is 0 Å². The van der Waals surface area contributed by atoms with Gasteiger partial charge in [0.15, 0.2) is 0 Å². The Morgan fingerprint density at radius 2 is 1.03 bits per heavy atom. The van der Waals surface area contributed by atoms with E-state index in [-0.39, 0.29) is 5.56 Å². The first kappa shape index (κ1) is 30.8. The Morgan fingerprint density at radius 1 is 0.600 bits per heavy atom. The highest BCUT2D eigenvalue weighted by Crippen LogP contribution is 2.64. The second kappa shape index (κ2) is 8.69. The lowest BCUT2D eigenvalue weighted by atomic mass is 9.90. The van der Waals surface area contributed by atoms with Gasteiger partial charge >= 0.3 is 47.8 Å². The monoisotopic (exact) mass is 552 g/mol. The summed E-state index contributed by atoms with van der Waals surface area (Å²) in [6, 6.07) is 3.54. The van der Waals surface area contributed by atoms with E-state index in [0.717, 1.165) is 24.3 Å². The average Bonchev–Trinajstić information content (AvgIpc) is 2.69. The minimum absolute atomic E-state index is 0.0137. The minimum atomic E-state index is -8.63. The normalized spacial score (nSPS) is 16.7. The number of alkyl halides is 17. The molecule has 1 aromatic rings. The van der Waals surface area contributed by atoms with Crippen molar-refractivity contribution in [1.29, 1.82) is 0 Å². The van der Waals surface area contributed by atoms with E-state index in [9.17, 15) is 74.6 Å². The SMILES string of the molecule is C=Cc1cccc(COC(F)(C(F)(F)F)C(F)(F)C(F)(F)C(F)(F)C(F)(F)C(F)(F)C(F)(F)F)c1. The molecule has 202 valence electrons. The van der Waals surface area contributed by atoms with Crippen molar-refractivity contribution in [2.75, 3.05) is 0 Å². The quantitative estimate of drug-likeness (QED) is 0.284. The van der Waals surface area contributed by atoms with Crippen LogP contribution in [-0.2, 0) is 11.3 Å². The van der Waals surface area contributed by atoms with E-state index < -0.39 is 60.0 Å². The summed E-state index contributed by atoms with van der Waals surface area (Å²) in [5, 5.41) is 0. The molecule has 0 aliphatic heterocycles. The highest BCUT2D eigenvalue weighted by molar-refractivity contribution is 5.47. The number of halogens is 17. The number of benzene rings is 1. The molecule has 0 saturated carbocycles. The first-order chi connectivity index (χ1) is 15.3. The molecule has 1 atom stereocenters. The molecule has 0 radical (unpaired) electrons. The summed E-state index contributed by atoms with van der Waals surface area (Å²) in [7, 11) is 0. The van der Waals surface area contributed by atoms with E-state index >= 15 is 0 Å². The molecule has 1 unspecified atom stereocenters. The third-order valence-corrected chi connectivity index (χ3v) is 4.33. The van der Waals surface area contributed by atoms with Crippen LogP contribution < -0.4 is 0 Å². The Balaban J connectivity index is 3.65. The van der Waals surface area contributed by atoms with Crippen LogP contribution in [0.5, 0.6) is 0 Å². The number of hydrogen-bond donors (Lipinski definition) is 0. The van der Waals surface area contributed by atoms with Crippen molar-refractivity contribution in [3.63, 3.8) is 0 Å².